The number of rotatable bonds is 1. The van der Waals surface area contributed by atoms with Crippen molar-refractivity contribution in [2.45, 2.75) is 38.3 Å². The molecular formula is C8H16O4. The summed E-state index contributed by atoms with van der Waals surface area (Å²) in [5, 5.41) is 27.8. The van der Waals surface area contributed by atoms with E-state index in [0.717, 1.165) is 0 Å². The molecule has 1 rings (SSSR count). The summed E-state index contributed by atoms with van der Waals surface area (Å²) in [5.74, 6) is -0.245. The van der Waals surface area contributed by atoms with Crippen LogP contribution in [0.5, 0.6) is 0 Å². The first-order valence-electron chi connectivity index (χ1n) is 4.20. The van der Waals surface area contributed by atoms with Crippen molar-refractivity contribution >= 4 is 0 Å². The molecule has 4 heteroatoms. The molecule has 4 nitrogen and oxygen atoms in total. The minimum absolute atomic E-state index is 0.206. The Morgan fingerprint density at radius 1 is 1.17 bits per heavy atom. The Bertz CT molecular complexity index is 145. The quantitative estimate of drug-likeness (QED) is 0.485. The highest BCUT2D eigenvalue weighted by atomic mass is 16.5. The summed E-state index contributed by atoms with van der Waals surface area (Å²) in [6.45, 7) is 3.27. The maximum atomic E-state index is 9.48. The minimum Gasteiger partial charge on any atom is -0.394 e. The van der Waals surface area contributed by atoms with Crippen molar-refractivity contribution in [1.82, 2.24) is 0 Å². The van der Waals surface area contributed by atoms with Gasteiger partial charge in [-0.3, -0.25) is 0 Å². The van der Waals surface area contributed by atoms with Crippen LogP contribution in [0, 0.1) is 5.92 Å². The average Bonchev–Trinajstić information content (AvgIpc) is 2.08. The molecule has 1 aliphatic heterocycles. The predicted octanol–water partition coefficient (Wildman–Crippen LogP) is -0.876. The molecule has 0 aromatic rings. The highest BCUT2D eigenvalue weighted by molar-refractivity contribution is 4.87. The van der Waals surface area contributed by atoms with Crippen molar-refractivity contribution in [2.75, 3.05) is 6.61 Å². The Labute approximate surface area is 71.8 Å². The third-order valence-electron chi connectivity index (χ3n) is 2.51. The van der Waals surface area contributed by atoms with Crippen LogP contribution in [0.15, 0.2) is 0 Å². The maximum absolute atomic E-state index is 9.48. The lowest BCUT2D eigenvalue weighted by Gasteiger charge is -2.39. The lowest BCUT2D eigenvalue weighted by atomic mass is 9.88. The second kappa shape index (κ2) is 3.70. The number of ether oxygens (including phenoxy) is 1. The monoisotopic (exact) mass is 176 g/mol. The van der Waals surface area contributed by atoms with Crippen LogP contribution in [0.4, 0.5) is 0 Å². The average molecular weight is 176 g/mol. The molecule has 12 heavy (non-hydrogen) atoms. The summed E-state index contributed by atoms with van der Waals surface area (Å²) in [7, 11) is 0. The zero-order chi connectivity index (χ0) is 9.30. The van der Waals surface area contributed by atoms with Crippen LogP contribution in [0.25, 0.3) is 0 Å². The first-order chi connectivity index (χ1) is 5.57. The second-order valence-electron chi connectivity index (χ2n) is 3.40. The lowest BCUT2D eigenvalue weighted by Crippen LogP contribution is -2.53. The van der Waals surface area contributed by atoms with E-state index < -0.39 is 18.3 Å². The molecule has 1 saturated heterocycles. The fraction of sp³-hybridized carbons (Fsp3) is 1.00. The zero-order valence-electron chi connectivity index (χ0n) is 7.34. The van der Waals surface area contributed by atoms with Crippen molar-refractivity contribution in [1.29, 1.82) is 0 Å². The van der Waals surface area contributed by atoms with Gasteiger partial charge in [-0.05, 0) is 6.92 Å². The van der Waals surface area contributed by atoms with Crippen LogP contribution in [-0.2, 0) is 4.74 Å². The Kier molecular flexibility index (Phi) is 3.06. The van der Waals surface area contributed by atoms with Crippen LogP contribution < -0.4 is 0 Å². The zero-order valence-corrected chi connectivity index (χ0v) is 7.34. The molecule has 0 aliphatic carbocycles. The smallest absolute Gasteiger partial charge is 0.107 e. The Balaban J connectivity index is 2.63. The molecule has 3 N–H and O–H groups in total. The molecule has 5 atom stereocenters. The molecule has 1 fully saturated rings. The maximum Gasteiger partial charge on any atom is 0.107 e. The Hall–Kier alpha value is -0.160. The van der Waals surface area contributed by atoms with E-state index in [1.54, 1.807) is 13.8 Å². The number of hydrogen-bond acceptors (Lipinski definition) is 4. The summed E-state index contributed by atoms with van der Waals surface area (Å²) in [5.41, 5.74) is 0. The third kappa shape index (κ3) is 1.61. The van der Waals surface area contributed by atoms with E-state index in [1.165, 1.54) is 0 Å². The van der Waals surface area contributed by atoms with Crippen LogP contribution in [0.3, 0.4) is 0 Å². The Morgan fingerprint density at radius 3 is 2.25 bits per heavy atom. The van der Waals surface area contributed by atoms with Crippen LogP contribution >= 0.6 is 0 Å². The van der Waals surface area contributed by atoms with Crippen LogP contribution in [0.1, 0.15) is 13.8 Å². The standard InChI is InChI=1S/C8H16O4/c1-4-7(10)5(2)12-6(3-9)8(4)11/h4-11H,3H2,1-2H3. The van der Waals surface area contributed by atoms with Gasteiger partial charge in [0.1, 0.15) is 6.10 Å². The first-order valence-corrected chi connectivity index (χ1v) is 4.20. The van der Waals surface area contributed by atoms with Gasteiger partial charge in [-0.15, -0.1) is 0 Å². The number of aliphatic hydroxyl groups excluding tert-OH is 3. The van der Waals surface area contributed by atoms with Gasteiger partial charge in [0.2, 0.25) is 0 Å². The van der Waals surface area contributed by atoms with E-state index >= 15 is 0 Å². The first kappa shape index (κ1) is 9.92. The van der Waals surface area contributed by atoms with Crippen molar-refractivity contribution in [3.05, 3.63) is 0 Å². The molecule has 0 bridgehead atoms. The van der Waals surface area contributed by atoms with Crippen molar-refractivity contribution in [3.63, 3.8) is 0 Å². The Morgan fingerprint density at radius 2 is 1.75 bits per heavy atom. The summed E-state index contributed by atoms with van der Waals surface area (Å²) in [6, 6.07) is 0. The summed E-state index contributed by atoms with van der Waals surface area (Å²) < 4.78 is 5.18. The highest BCUT2D eigenvalue weighted by Gasteiger charge is 2.39. The van der Waals surface area contributed by atoms with Crippen molar-refractivity contribution in [3.8, 4) is 0 Å². The van der Waals surface area contributed by atoms with Gasteiger partial charge >= 0.3 is 0 Å². The summed E-state index contributed by atoms with van der Waals surface area (Å²) in [6.07, 6.45) is -2.30. The molecule has 0 aromatic heterocycles. The SMILES string of the molecule is CC1OC(CO)C(O)C(C)C1O. The van der Waals surface area contributed by atoms with E-state index in [4.69, 9.17) is 9.84 Å². The largest absolute Gasteiger partial charge is 0.394 e. The van der Waals surface area contributed by atoms with E-state index in [2.05, 4.69) is 0 Å². The van der Waals surface area contributed by atoms with Crippen molar-refractivity contribution in [2.24, 2.45) is 5.92 Å². The molecule has 72 valence electrons. The molecule has 1 aliphatic rings. The molecule has 0 radical (unpaired) electrons. The molecule has 0 amide bonds. The third-order valence-corrected chi connectivity index (χ3v) is 2.51. The molecule has 1 heterocycles. The lowest BCUT2D eigenvalue weighted by molar-refractivity contribution is -0.199. The van der Waals surface area contributed by atoms with E-state index in [1.807, 2.05) is 0 Å². The summed E-state index contributed by atoms with van der Waals surface area (Å²) in [4.78, 5) is 0. The van der Waals surface area contributed by atoms with Gasteiger partial charge in [0.25, 0.3) is 0 Å². The van der Waals surface area contributed by atoms with Gasteiger partial charge in [-0.25, -0.2) is 0 Å². The topological polar surface area (TPSA) is 69.9 Å². The van der Waals surface area contributed by atoms with Crippen molar-refractivity contribution < 1.29 is 20.1 Å². The van der Waals surface area contributed by atoms with Gasteiger partial charge in [0.05, 0.1) is 24.9 Å². The highest BCUT2D eigenvalue weighted by Crippen LogP contribution is 2.25. The predicted molar refractivity (Wildman–Crippen MR) is 42.6 cm³/mol. The van der Waals surface area contributed by atoms with E-state index in [0.29, 0.717) is 0 Å². The van der Waals surface area contributed by atoms with Gasteiger partial charge < -0.3 is 20.1 Å². The van der Waals surface area contributed by atoms with Gasteiger partial charge in [-0.1, -0.05) is 6.92 Å². The van der Waals surface area contributed by atoms with E-state index in [9.17, 15) is 10.2 Å². The molecule has 0 spiro atoms. The van der Waals surface area contributed by atoms with E-state index in [-0.39, 0.29) is 18.6 Å². The van der Waals surface area contributed by atoms with Gasteiger partial charge in [0, 0.05) is 5.92 Å². The molecule has 0 aromatic carbocycles. The fourth-order valence-electron chi connectivity index (χ4n) is 1.56. The van der Waals surface area contributed by atoms with Gasteiger partial charge in [0.15, 0.2) is 0 Å². The number of aliphatic hydroxyl groups is 3. The van der Waals surface area contributed by atoms with Crippen LogP contribution in [0.2, 0.25) is 0 Å². The normalized spacial score (nSPS) is 49.2. The summed E-state index contributed by atoms with van der Waals surface area (Å²) >= 11 is 0. The molecule has 0 saturated carbocycles. The molecular weight excluding hydrogens is 160 g/mol. The number of hydrogen-bond donors (Lipinski definition) is 3. The molecule has 5 unspecified atom stereocenters. The second-order valence-corrected chi connectivity index (χ2v) is 3.40. The van der Waals surface area contributed by atoms with Crippen LogP contribution in [-0.4, -0.2) is 46.3 Å². The fourth-order valence-corrected chi connectivity index (χ4v) is 1.56. The minimum atomic E-state index is -0.777. The van der Waals surface area contributed by atoms with Gasteiger partial charge in [-0.2, -0.15) is 0 Å².